The number of pyridine rings is 1. The third-order valence-electron chi connectivity index (χ3n) is 2.27. The predicted molar refractivity (Wildman–Crippen MR) is 75.8 cm³/mol. The van der Waals surface area contributed by atoms with E-state index in [0.29, 0.717) is 21.2 Å². The zero-order valence-electron chi connectivity index (χ0n) is 9.68. The first-order valence-corrected chi connectivity index (χ1v) is 6.11. The van der Waals surface area contributed by atoms with E-state index in [2.05, 4.69) is 15.5 Å². The van der Waals surface area contributed by atoms with Gasteiger partial charge in [-0.05, 0) is 30.3 Å². The third kappa shape index (κ3) is 3.77. The van der Waals surface area contributed by atoms with Crippen molar-refractivity contribution in [2.45, 2.75) is 0 Å². The van der Waals surface area contributed by atoms with E-state index in [1.54, 1.807) is 30.3 Å². The van der Waals surface area contributed by atoms with Crippen LogP contribution in [0.15, 0.2) is 47.8 Å². The Hall–Kier alpha value is -1.91. The normalized spacial score (nSPS) is 10.6. The van der Waals surface area contributed by atoms with E-state index in [1.807, 2.05) is 0 Å². The Labute approximate surface area is 120 Å². The minimum Gasteiger partial charge on any atom is -0.267 e. The van der Waals surface area contributed by atoms with Crippen LogP contribution in [0, 0.1) is 0 Å². The molecule has 2 rings (SSSR count). The van der Waals surface area contributed by atoms with Gasteiger partial charge in [0.15, 0.2) is 0 Å². The van der Waals surface area contributed by atoms with Gasteiger partial charge in [0, 0.05) is 33.6 Å². The van der Waals surface area contributed by atoms with Gasteiger partial charge in [-0.25, -0.2) is 5.43 Å². The van der Waals surface area contributed by atoms with Crippen molar-refractivity contribution in [1.82, 2.24) is 10.4 Å². The minimum atomic E-state index is -0.322. The van der Waals surface area contributed by atoms with Crippen molar-refractivity contribution in [3.63, 3.8) is 0 Å². The molecule has 0 bridgehead atoms. The zero-order valence-corrected chi connectivity index (χ0v) is 11.2. The van der Waals surface area contributed by atoms with Gasteiger partial charge >= 0.3 is 0 Å². The minimum absolute atomic E-state index is 0.322. The van der Waals surface area contributed by atoms with Crippen LogP contribution in [0.1, 0.15) is 15.9 Å². The summed E-state index contributed by atoms with van der Waals surface area (Å²) in [6.07, 6.45) is 4.51. The van der Waals surface area contributed by atoms with Gasteiger partial charge in [0.05, 0.1) is 6.21 Å². The van der Waals surface area contributed by atoms with Crippen LogP contribution in [-0.2, 0) is 0 Å². The Kier molecular flexibility index (Phi) is 4.49. The van der Waals surface area contributed by atoms with Crippen LogP contribution in [0.25, 0.3) is 0 Å². The van der Waals surface area contributed by atoms with Crippen LogP contribution in [0.2, 0.25) is 10.0 Å². The molecule has 1 amide bonds. The van der Waals surface area contributed by atoms with Crippen LogP contribution in [0.4, 0.5) is 0 Å². The molecule has 1 aromatic heterocycles. The van der Waals surface area contributed by atoms with Gasteiger partial charge < -0.3 is 0 Å². The molecule has 1 heterocycles. The molecule has 1 N–H and O–H groups in total. The second kappa shape index (κ2) is 6.31. The standard InChI is InChI=1S/C13H9Cl2N3O/c14-11-1-2-12(15)10(7-11)8-17-18-13(19)9-3-5-16-6-4-9/h1-8H,(H,18,19). The molecule has 0 aliphatic rings. The lowest BCUT2D eigenvalue weighted by Gasteiger charge is -2.00. The highest BCUT2D eigenvalue weighted by Crippen LogP contribution is 2.18. The number of carbonyl (C=O) groups excluding carboxylic acids is 1. The molecule has 0 radical (unpaired) electrons. The number of hydrogen-bond acceptors (Lipinski definition) is 3. The Bertz CT molecular complexity index is 615. The summed E-state index contributed by atoms with van der Waals surface area (Å²) in [6.45, 7) is 0. The van der Waals surface area contributed by atoms with Crippen molar-refractivity contribution in [1.29, 1.82) is 0 Å². The molecule has 96 valence electrons. The number of nitrogens with one attached hydrogen (secondary N) is 1. The summed E-state index contributed by atoms with van der Waals surface area (Å²) in [7, 11) is 0. The van der Waals surface area contributed by atoms with E-state index in [9.17, 15) is 4.79 Å². The molecule has 19 heavy (non-hydrogen) atoms. The number of halogens is 2. The number of amides is 1. The van der Waals surface area contributed by atoms with Crippen molar-refractivity contribution in [3.05, 3.63) is 63.9 Å². The number of carbonyl (C=O) groups is 1. The fraction of sp³-hybridized carbons (Fsp3) is 0. The molecule has 0 unspecified atom stereocenters. The molecule has 0 aliphatic carbocycles. The smallest absolute Gasteiger partial charge is 0.267 e. The van der Waals surface area contributed by atoms with E-state index in [1.165, 1.54) is 18.6 Å². The Morgan fingerprint density at radius 3 is 2.68 bits per heavy atom. The number of hydrogen-bond donors (Lipinski definition) is 1. The lowest BCUT2D eigenvalue weighted by molar-refractivity contribution is 0.0955. The second-order valence-electron chi connectivity index (χ2n) is 3.60. The van der Waals surface area contributed by atoms with E-state index in [4.69, 9.17) is 23.2 Å². The fourth-order valence-electron chi connectivity index (χ4n) is 1.34. The second-order valence-corrected chi connectivity index (χ2v) is 4.44. The highest BCUT2D eigenvalue weighted by atomic mass is 35.5. The third-order valence-corrected chi connectivity index (χ3v) is 2.85. The van der Waals surface area contributed by atoms with Crippen molar-refractivity contribution >= 4 is 35.3 Å². The average molecular weight is 294 g/mol. The van der Waals surface area contributed by atoms with Crippen molar-refractivity contribution in [2.75, 3.05) is 0 Å². The maximum atomic E-state index is 11.7. The highest BCUT2D eigenvalue weighted by Gasteiger charge is 2.02. The monoisotopic (exact) mass is 293 g/mol. The molecule has 2 aromatic rings. The number of hydrazone groups is 1. The van der Waals surface area contributed by atoms with Gasteiger partial charge in [-0.15, -0.1) is 0 Å². The van der Waals surface area contributed by atoms with E-state index in [0.717, 1.165) is 0 Å². The first-order chi connectivity index (χ1) is 9.16. The van der Waals surface area contributed by atoms with Gasteiger partial charge in [0.25, 0.3) is 5.91 Å². The first kappa shape index (κ1) is 13.5. The molecule has 4 nitrogen and oxygen atoms in total. The maximum absolute atomic E-state index is 11.7. The van der Waals surface area contributed by atoms with Gasteiger partial charge in [0.2, 0.25) is 0 Å². The van der Waals surface area contributed by atoms with Crippen molar-refractivity contribution in [2.24, 2.45) is 5.10 Å². The zero-order chi connectivity index (χ0) is 13.7. The summed E-state index contributed by atoms with van der Waals surface area (Å²) in [4.78, 5) is 15.5. The van der Waals surface area contributed by atoms with E-state index < -0.39 is 0 Å². The highest BCUT2D eigenvalue weighted by molar-refractivity contribution is 6.35. The molecular weight excluding hydrogens is 285 g/mol. The Morgan fingerprint density at radius 1 is 1.21 bits per heavy atom. The molecule has 0 atom stereocenters. The molecule has 0 aliphatic heterocycles. The first-order valence-electron chi connectivity index (χ1n) is 5.35. The van der Waals surface area contributed by atoms with Gasteiger partial charge in [0.1, 0.15) is 0 Å². The van der Waals surface area contributed by atoms with Crippen LogP contribution in [0.3, 0.4) is 0 Å². The van der Waals surface area contributed by atoms with Crippen LogP contribution in [0.5, 0.6) is 0 Å². The maximum Gasteiger partial charge on any atom is 0.271 e. The van der Waals surface area contributed by atoms with Gasteiger partial charge in [-0.1, -0.05) is 23.2 Å². The fourth-order valence-corrected chi connectivity index (χ4v) is 1.69. The number of aromatic nitrogens is 1. The lowest BCUT2D eigenvalue weighted by atomic mass is 10.2. The molecular formula is C13H9Cl2N3O. The lowest BCUT2D eigenvalue weighted by Crippen LogP contribution is -2.17. The number of benzene rings is 1. The van der Waals surface area contributed by atoms with Crippen molar-refractivity contribution < 1.29 is 4.79 Å². The largest absolute Gasteiger partial charge is 0.271 e. The Morgan fingerprint density at radius 2 is 1.95 bits per heavy atom. The predicted octanol–water partition coefficient (Wildman–Crippen LogP) is 3.15. The number of nitrogens with zero attached hydrogens (tertiary/aromatic N) is 2. The summed E-state index contributed by atoms with van der Waals surface area (Å²) in [5, 5.41) is 4.89. The number of rotatable bonds is 3. The Balaban J connectivity index is 2.04. The topological polar surface area (TPSA) is 54.4 Å². The molecule has 1 aromatic carbocycles. The molecule has 0 saturated heterocycles. The average Bonchev–Trinajstić information content (AvgIpc) is 2.43. The SMILES string of the molecule is O=C(NN=Cc1cc(Cl)ccc1Cl)c1ccncc1. The summed E-state index contributed by atoms with van der Waals surface area (Å²) in [5.74, 6) is -0.322. The summed E-state index contributed by atoms with van der Waals surface area (Å²) in [5.41, 5.74) is 3.50. The van der Waals surface area contributed by atoms with E-state index in [-0.39, 0.29) is 5.91 Å². The quantitative estimate of drug-likeness (QED) is 0.698. The van der Waals surface area contributed by atoms with Gasteiger partial charge in [-0.3, -0.25) is 9.78 Å². The molecule has 6 heteroatoms. The van der Waals surface area contributed by atoms with Crippen LogP contribution < -0.4 is 5.43 Å². The van der Waals surface area contributed by atoms with E-state index >= 15 is 0 Å². The summed E-state index contributed by atoms with van der Waals surface area (Å²) < 4.78 is 0. The summed E-state index contributed by atoms with van der Waals surface area (Å²) in [6, 6.07) is 8.19. The van der Waals surface area contributed by atoms with Crippen LogP contribution in [-0.4, -0.2) is 17.1 Å². The van der Waals surface area contributed by atoms with Crippen LogP contribution >= 0.6 is 23.2 Å². The molecule has 0 fully saturated rings. The van der Waals surface area contributed by atoms with Gasteiger partial charge in [-0.2, -0.15) is 5.10 Å². The molecule has 0 spiro atoms. The molecule has 0 saturated carbocycles. The van der Waals surface area contributed by atoms with Crippen molar-refractivity contribution in [3.8, 4) is 0 Å². The summed E-state index contributed by atoms with van der Waals surface area (Å²) >= 11 is 11.8.